The molecule has 0 bridgehead atoms. The maximum atomic E-state index is 12.6. The van der Waals surface area contributed by atoms with E-state index in [1.807, 2.05) is 56.3 Å². The standard InChI is InChI=1S/C24H24ClNO2/c1-24(2,16-18-8-4-3-5-9-18)26-23(27)19-12-14-21(15-13-19)28-17-20-10-6-7-11-22(20)25/h3-15H,16-17H2,1-2H3,(H,26,27). The summed E-state index contributed by atoms with van der Waals surface area (Å²) in [4.78, 5) is 12.6. The van der Waals surface area contributed by atoms with E-state index in [0.29, 0.717) is 22.9 Å². The Morgan fingerprint density at radius 1 is 0.929 bits per heavy atom. The van der Waals surface area contributed by atoms with Crippen molar-refractivity contribution in [2.24, 2.45) is 0 Å². The number of rotatable bonds is 7. The number of amides is 1. The van der Waals surface area contributed by atoms with Crippen LogP contribution in [0.2, 0.25) is 5.02 Å². The zero-order valence-electron chi connectivity index (χ0n) is 16.1. The second-order valence-corrected chi connectivity index (χ2v) is 7.81. The van der Waals surface area contributed by atoms with Crippen LogP contribution in [0.4, 0.5) is 0 Å². The smallest absolute Gasteiger partial charge is 0.251 e. The molecule has 4 heteroatoms. The van der Waals surface area contributed by atoms with Crippen molar-refractivity contribution in [3.05, 3.63) is 101 Å². The minimum atomic E-state index is -0.350. The van der Waals surface area contributed by atoms with Crippen molar-refractivity contribution >= 4 is 17.5 Å². The number of hydrogen-bond acceptors (Lipinski definition) is 2. The molecule has 0 saturated heterocycles. The second kappa shape index (κ2) is 8.94. The number of carbonyl (C=O) groups is 1. The molecule has 3 aromatic carbocycles. The van der Waals surface area contributed by atoms with Gasteiger partial charge < -0.3 is 10.1 Å². The van der Waals surface area contributed by atoms with E-state index in [0.717, 1.165) is 12.0 Å². The lowest BCUT2D eigenvalue weighted by Crippen LogP contribution is -2.45. The summed E-state index contributed by atoms with van der Waals surface area (Å²) in [5, 5.41) is 3.79. The van der Waals surface area contributed by atoms with Crippen molar-refractivity contribution in [2.45, 2.75) is 32.4 Å². The number of carbonyl (C=O) groups excluding carboxylic acids is 1. The highest BCUT2D eigenvalue weighted by Crippen LogP contribution is 2.19. The summed E-state index contributed by atoms with van der Waals surface area (Å²) in [5.74, 6) is 0.596. The van der Waals surface area contributed by atoms with E-state index in [-0.39, 0.29) is 11.4 Å². The molecule has 0 aliphatic heterocycles. The van der Waals surface area contributed by atoms with Crippen molar-refractivity contribution in [1.82, 2.24) is 5.32 Å². The normalized spacial score (nSPS) is 11.1. The highest BCUT2D eigenvalue weighted by Gasteiger charge is 2.21. The molecule has 3 nitrogen and oxygen atoms in total. The molecule has 0 radical (unpaired) electrons. The lowest BCUT2D eigenvalue weighted by atomic mass is 9.94. The van der Waals surface area contributed by atoms with Crippen LogP contribution in [0.15, 0.2) is 78.9 Å². The monoisotopic (exact) mass is 393 g/mol. The summed E-state index contributed by atoms with van der Waals surface area (Å²) in [5.41, 5.74) is 2.37. The zero-order valence-corrected chi connectivity index (χ0v) is 16.9. The third-order valence-electron chi connectivity index (χ3n) is 4.41. The molecule has 0 aliphatic rings. The number of benzene rings is 3. The van der Waals surface area contributed by atoms with E-state index in [9.17, 15) is 4.79 Å². The largest absolute Gasteiger partial charge is 0.489 e. The Bertz CT molecular complexity index is 921. The lowest BCUT2D eigenvalue weighted by Gasteiger charge is -2.26. The predicted octanol–water partition coefficient (Wildman–Crippen LogP) is 5.67. The van der Waals surface area contributed by atoms with Crippen LogP contribution < -0.4 is 10.1 Å². The molecular formula is C24H24ClNO2. The molecule has 0 aliphatic carbocycles. The first-order valence-corrected chi connectivity index (χ1v) is 9.63. The molecule has 1 N–H and O–H groups in total. The van der Waals surface area contributed by atoms with E-state index < -0.39 is 0 Å². The van der Waals surface area contributed by atoms with Gasteiger partial charge in [-0.1, -0.05) is 60.1 Å². The van der Waals surface area contributed by atoms with Gasteiger partial charge in [0.05, 0.1) is 0 Å². The molecule has 0 atom stereocenters. The first kappa shape index (κ1) is 20.0. The fourth-order valence-corrected chi connectivity index (χ4v) is 3.20. The molecule has 3 rings (SSSR count). The van der Waals surface area contributed by atoms with Crippen molar-refractivity contribution in [1.29, 1.82) is 0 Å². The van der Waals surface area contributed by atoms with E-state index in [1.54, 1.807) is 24.3 Å². The third-order valence-corrected chi connectivity index (χ3v) is 4.78. The van der Waals surface area contributed by atoms with Gasteiger partial charge in [-0.3, -0.25) is 4.79 Å². The summed E-state index contributed by atoms with van der Waals surface area (Å²) in [6.07, 6.45) is 0.763. The Morgan fingerprint density at radius 3 is 2.25 bits per heavy atom. The van der Waals surface area contributed by atoms with Gasteiger partial charge in [0.25, 0.3) is 5.91 Å². The van der Waals surface area contributed by atoms with E-state index in [4.69, 9.17) is 16.3 Å². The average molecular weight is 394 g/mol. The highest BCUT2D eigenvalue weighted by atomic mass is 35.5. The summed E-state index contributed by atoms with van der Waals surface area (Å²) >= 11 is 6.14. The molecule has 1 amide bonds. The number of ether oxygens (including phenoxy) is 1. The van der Waals surface area contributed by atoms with Crippen molar-refractivity contribution in [2.75, 3.05) is 0 Å². The summed E-state index contributed by atoms with van der Waals surface area (Å²) < 4.78 is 5.77. The van der Waals surface area contributed by atoms with Gasteiger partial charge in [0.1, 0.15) is 12.4 Å². The second-order valence-electron chi connectivity index (χ2n) is 7.40. The lowest BCUT2D eigenvalue weighted by molar-refractivity contribution is 0.0913. The molecule has 144 valence electrons. The van der Waals surface area contributed by atoms with Crippen LogP contribution in [0.25, 0.3) is 0 Å². The number of hydrogen-bond donors (Lipinski definition) is 1. The maximum Gasteiger partial charge on any atom is 0.251 e. The third kappa shape index (κ3) is 5.61. The van der Waals surface area contributed by atoms with E-state index in [2.05, 4.69) is 17.4 Å². The van der Waals surface area contributed by atoms with Crippen molar-refractivity contribution in [3.8, 4) is 5.75 Å². The summed E-state index contributed by atoms with van der Waals surface area (Å²) in [7, 11) is 0. The fraction of sp³-hybridized carbons (Fsp3) is 0.208. The maximum absolute atomic E-state index is 12.6. The van der Waals surface area contributed by atoms with Crippen LogP contribution in [0, 0.1) is 0 Å². The van der Waals surface area contributed by atoms with Gasteiger partial charge in [0.2, 0.25) is 0 Å². The minimum absolute atomic E-state index is 0.0985. The Labute approximate surface area is 171 Å². The van der Waals surface area contributed by atoms with Crippen LogP contribution >= 0.6 is 11.6 Å². The number of halogens is 1. The van der Waals surface area contributed by atoms with Crippen molar-refractivity contribution < 1.29 is 9.53 Å². The van der Waals surface area contributed by atoms with E-state index in [1.165, 1.54) is 5.56 Å². The Balaban J connectivity index is 1.58. The van der Waals surface area contributed by atoms with Crippen LogP contribution in [-0.4, -0.2) is 11.4 Å². The SMILES string of the molecule is CC(C)(Cc1ccccc1)NC(=O)c1ccc(OCc2ccccc2Cl)cc1. The Hall–Kier alpha value is -2.78. The predicted molar refractivity (Wildman–Crippen MR) is 114 cm³/mol. The van der Waals surface area contributed by atoms with Gasteiger partial charge in [-0.2, -0.15) is 0 Å². The molecule has 28 heavy (non-hydrogen) atoms. The average Bonchev–Trinajstić information content (AvgIpc) is 2.68. The first-order valence-electron chi connectivity index (χ1n) is 9.26. The van der Waals surface area contributed by atoms with Crippen molar-refractivity contribution in [3.63, 3.8) is 0 Å². The van der Waals surface area contributed by atoms with Gasteiger partial charge >= 0.3 is 0 Å². The summed E-state index contributed by atoms with van der Waals surface area (Å²) in [6, 6.07) is 24.9. The van der Waals surface area contributed by atoms with Crippen LogP contribution in [0.1, 0.15) is 35.3 Å². The van der Waals surface area contributed by atoms with Gasteiger partial charge in [0, 0.05) is 21.7 Å². The van der Waals surface area contributed by atoms with Gasteiger partial charge in [-0.15, -0.1) is 0 Å². The Morgan fingerprint density at radius 2 is 1.57 bits per heavy atom. The van der Waals surface area contributed by atoms with E-state index >= 15 is 0 Å². The molecule has 3 aromatic rings. The highest BCUT2D eigenvalue weighted by molar-refractivity contribution is 6.31. The topological polar surface area (TPSA) is 38.3 Å². The summed E-state index contributed by atoms with van der Waals surface area (Å²) in [6.45, 7) is 4.44. The van der Waals surface area contributed by atoms with Crippen LogP contribution in [0.5, 0.6) is 5.75 Å². The Kier molecular flexibility index (Phi) is 6.37. The molecule has 0 spiro atoms. The van der Waals surface area contributed by atoms with Gasteiger partial charge in [-0.05, 0) is 56.2 Å². The number of nitrogens with one attached hydrogen (secondary N) is 1. The van der Waals surface area contributed by atoms with Gasteiger partial charge in [-0.25, -0.2) is 0 Å². The molecule has 0 unspecified atom stereocenters. The molecule has 0 aromatic heterocycles. The molecule has 0 heterocycles. The van der Waals surface area contributed by atoms with Crippen LogP contribution in [-0.2, 0) is 13.0 Å². The minimum Gasteiger partial charge on any atom is -0.489 e. The molecular weight excluding hydrogens is 370 g/mol. The molecule has 0 saturated carbocycles. The van der Waals surface area contributed by atoms with Crippen LogP contribution in [0.3, 0.4) is 0 Å². The fourth-order valence-electron chi connectivity index (χ4n) is 3.01. The van der Waals surface area contributed by atoms with Gasteiger partial charge in [0.15, 0.2) is 0 Å². The zero-order chi connectivity index (χ0) is 20.0. The quantitative estimate of drug-likeness (QED) is 0.561. The first-order chi connectivity index (χ1) is 13.4. The molecule has 0 fully saturated rings.